The van der Waals surface area contributed by atoms with Gasteiger partial charge in [-0.25, -0.2) is 4.98 Å². The summed E-state index contributed by atoms with van der Waals surface area (Å²) in [5.41, 5.74) is 3.52. The molecule has 0 saturated carbocycles. The standard InChI is InChI=1S/C18H24N4/c1-4-16-17(5-2)20-21-18(19-16)22-12-15(11-13(22)3)14-9-7-6-8-10-14/h6-10,13,15H,4-5,11-12H2,1-3H3. The van der Waals surface area contributed by atoms with Gasteiger partial charge in [0.1, 0.15) is 0 Å². The molecule has 22 heavy (non-hydrogen) atoms. The molecule has 1 aliphatic rings. The highest BCUT2D eigenvalue weighted by Crippen LogP contribution is 2.33. The average Bonchev–Trinajstić information content (AvgIpc) is 2.97. The van der Waals surface area contributed by atoms with Crippen molar-refractivity contribution in [3.05, 3.63) is 47.3 Å². The zero-order valence-corrected chi connectivity index (χ0v) is 13.7. The van der Waals surface area contributed by atoms with Crippen molar-refractivity contribution in [2.45, 2.75) is 52.0 Å². The van der Waals surface area contributed by atoms with Crippen LogP contribution < -0.4 is 4.90 Å². The van der Waals surface area contributed by atoms with E-state index in [1.807, 2.05) is 0 Å². The molecule has 0 amide bonds. The average molecular weight is 296 g/mol. The summed E-state index contributed by atoms with van der Waals surface area (Å²) >= 11 is 0. The fourth-order valence-corrected chi connectivity index (χ4v) is 3.33. The predicted molar refractivity (Wildman–Crippen MR) is 89.2 cm³/mol. The molecule has 2 heterocycles. The number of rotatable bonds is 4. The minimum absolute atomic E-state index is 0.448. The molecule has 0 aliphatic carbocycles. The molecule has 4 nitrogen and oxygen atoms in total. The Morgan fingerprint density at radius 3 is 2.45 bits per heavy atom. The zero-order valence-electron chi connectivity index (χ0n) is 13.7. The maximum Gasteiger partial charge on any atom is 0.245 e. The maximum absolute atomic E-state index is 4.77. The molecule has 0 radical (unpaired) electrons. The SMILES string of the molecule is CCc1nnc(N2CC(c3ccccc3)CC2C)nc1CC. The maximum atomic E-state index is 4.77. The van der Waals surface area contributed by atoms with E-state index in [1.165, 1.54) is 5.56 Å². The molecule has 3 rings (SSSR count). The van der Waals surface area contributed by atoms with Crippen molar-refractivity contribution in [1.82, 2.24) is 15.2 Å². The number of hydrogen-bond acceptors (Lipinski definition) is 4. The summed E-state index contributed by atoms with van der Waals surface area (Å²) in [5, 5.41) is 8.77. The number of anilines is 1. The molecule has 1 saturated heterocycles. The third-order valence-corrected chi connectivity index (χ3v) is 4.60. The Balaban J connectivity index is 1.83. The summed E-state index contributed by atoms with van der Waals surface area (Å²) in [6, 6.07) is 11.2. The van der Waals surface area contributed by atoms with E-state index in [9.17, 15) is 0 Å². The van der Waals surface area contributed by atoms with Crippen LogP contribution in [0.3, 0.4) is 0 Å². The molecular formula is C18H24N4. The monoisotopic (exact) mass is 296 g/mol. The van der Waals surface area contributed by atoms with Crippen molar-refractivity contribution in [2.75, 3.05) is 11.4 Å². The lowest BCUT2D eigenvalue weighted by Gasteiger charge is -2.21. The molecule has 1 fully saturated rings. The van der Waals surface area contributed by atoms with E-state index < -0.39 is 0 Å². The molecule has 4 heteroatoms. The van der Waals surface area contributed by atoms with Crippen molar-refractivity contribution in [3.8, 4) is 0 Å². The van der Waals surface area contributed by atoms with Gasteiger partial charge >= 0.3 is 0 Å². The second-order valence-corrected chi connectivity index (χ2v) is 6.06. The fraction of sp³-hybridized carbons (Fsp3) is 0.500. The number of hydrogen-bond donors (Lipinski definition) is 0. The van der Waals surface area contributed by atoms with Crippen LogP contribution in [0, 0.1) is 0 Å². The Morgan fingerprint density at radius 2 is 1.77 bits per heavy atom. The molecule has 2 unspecified atom stereocenters. The van der Waals surface area contributed by atoms with Gasteiger partial charge in [-0.05, 0) is 31.7 Å². The van der Waals surface area contributed by atoms with Crippen LogP contribution in [0.2, 0.25) is 0 Å². The second kappa shape index (κ2) is 6.42. The van der Waals surface area contributed by atoms with Gasteiger partial charge in [0.15, 0.2) is 0 Å². The Hall–Kier alpha value is -1.97. The van der Waals surface area contributed by atoms with Gasteiger partial charge in [0.25, 0.3) is 0 Å². The highest BCUT2D eigenvalue weighted by atomic mass is 15.3. The first-order valence-electron chi connectivity index (χ1n) is 8.27. The summed E-state index contributed by atoms with van der Waals surface area (Å²) in [6.07, 6.45) is 2.95. The largest absolute Gasteiger partial charge is 0.336 e. The van der Waals surface area contributed by atoms with E-state index in [0.717, 1.165) is 43.1 Å². The lowest BCUT2D eigenvalue weighted by atomic mass is 9.97. The minimum Gasteiger partial charge on any atom is -0.336 e. The van der Waals surface area contributed by atoms with E-state index in [1.54, 1.807) is 0 Å². The van der Waals surface area contributed by atoms with Gasteiger partial charge < -0.3 is 4.90 Å². The smallest absolute Gasteiger partial charge is 0.245 e. The van der Waals surface area contributed by atoms with Crippen LogP contribution in [0.15, 0.2) is 30.3 Å². The van der Waals surface area contributed by atoms with Gasteiger partial charge in [-0.2, -0.15) is 5.10 Å². The number of aryl methyl sites for hydroxylation is 2. The second-order valence-electron chi connectivity index (χ2n) is 6.06. The molecular weight excluding hydrogens is 272 g/mol. The zero-order chi connectivity index (χ0) is 15.5. The van der Waals surface area contributed by atoms with Crippen molar-refractivity contribution in [2.24, 2.45) is 0 Å². The third kappa shape index (κ3) is 2.82. The molecule has 1 aromatic carbocycles. The van der Waals surface area contributed by atoms with Crippen molar-refractivity contribution < 1.29 is 0 Å². The summed E-state index contributed by atoms with van der Waals surface area (Å²) in [7, 11) is 0. The van der Waals surface area contributed by atoms with Crippen LogP contribution in [0.1, 0.15) is 50.1 Å². The predicted octanol–water partition coefficient (Wildman–Crippen LogP) is 3.38. The lowest BCUT2D eigenvalue weighted by Crippen LogP contribution is -2.29. The number of benzene rings is 1. The van der Waals surface area contributed by atoms with Crippen LogP contribution in [0.4, 0.5) is 5.95 Å². The quantitative estimate of drug-likeness (QED) is 0.867. The summed E-state index contributed by atoms with van der Waals surface area (Å²) < 4.78 is 0. The number of nitrogens with zero attached hydrogens (tertiary/aromatic N) is 4. The molecule has 0 spiro atoms. The minimum atomic E-state index is 0.448. The van der Waals surface area contributed by atoms with Gasteiger partial charge in [0.2, 0.25) is 5.95 Å². The van der Waals surface area contributed by atoms with E-state index in [0.29, 0.717) is 12.0 Å². The Bertz CT molecular complexity index is 626. The first kappa shape index (κ1) is 14.9. The molecule has 0 N–H and O–H groups in total. The van der Waals surface area contributed by atoms with Crippen LogP contribution in [0.25, 0.3) is 0 Å². The Morgan fingerprint density at radius 1 is 1.05 bits per heavy atom. The van der Waals surface area contributed by atoms with Crippen LogP contribution >= 0.6 is 0 Å². The van der Waals surface area contributed by atoms with Crippen LogP contribution in [-0.2, 0) is 12.8 Å². The van der Waals surface area contributed by atoms with Gasteiger partial charge in [-0.3, -0.25) is 0 Å². The van der Waals surface area contributed by atoms with E-state index in [-0.39, 0.29) is 0 Å². The van der Waals surface area contributed by atoms with Crippen molar-refractivity contribution >= 4 is 5.95 Å². The molecule has 0 bridgehead atoms. The normalized spacial score (nSPS) is 21.3. The van der Waals surface area contributed by atoms with Crippen molar-refractivity contribution in [1.29, 1.82) is 0 Å². The first-order chi connectivity index (χ1) is 10.7. The molecule has 1 aliphatic heterocycles. The van der Waals surface area contributed by atoms with E-state index in [4.69, 9.17) is 4.98 Å². The fourth-order valence-electron chi connectivity index (χ4n) is 3.33. The first-order valence-corrected chi connectivity index (χ1v) is 8.27. The molecule has 2 aromatic rings. The summed E-state index contributed by atoms with van der Waals surface area (Å²) in [4.78, 5) is 7.08. The van der Waals surface area contributed by atoms with Gasteiger partial charge in [0.05, 0.1) is 11.4 Å². The van der Waals surface area contributed by atoms with E-state index in [2.05, 4.69) is 66.2 Å². The van der Waals surface area contributed by atoms with Gasteiger partial charge in [0, 0.05) is 18.5 Å². The lowest BCUT2D eigenvalue weighted by molar-refractivity contribution is 0.682. The summed E-state index contributed by atoms with van der Waals surface area (Å²) in [5.74, 6) is 1.34. The van der Waals surface area contributed by atoms with Crippen LogP contribution in [-0.4, -0.2) is 27.8 Å². The third-order valence-electron chi connectivity index (χ3n) is 4.60. The molecule has 1 aromatic heterocycles. The topological polar surface area (TPSA) is 41.9 Å². The van der Waals surface area contributed by atoms with Gasteiger partial charge in [-0.15, -0.1) is 5.10 Å². The highest BCUT2D eigenvalue weighted by Gasteiger charge is 2.32. The van der Waals surface area contributed by atoms with Gasteiger partial charge in [-0.1, -0.05) is 44.2 Å². The summed E-state index contributed by atoms with van der Waals surface area (Å²) in [6.45, 7) is 7.47. The highest BCUT2D eigenvalue weighted by molar-refractivity contribution is 5.37. The van der Waals surface area contributed by atoms with Crippen molar-refractivity contribution in [3.63, 3.8) is 0 Å². The molecule has 2 atom stereocenters. The Labute approximate surface area is 132 Å². The van der Waals surface area contributed by atoms with Crippen LogP contribution in [0.5, 0.6) is 0 Å². The number of aromatic nitrogens is 3. The molecule has 116 valence electrons. The Kier molecular flexibility index (Phi) is 4.36. The van der Waals surface area contributed by atoms with E-state index >= 15 is 0 Å².